The molecule has 5 nitrogen and oxygen atoms in total. The zero-order chi connectivity index (χ0) is 18.9. The Morgan fingerprint density at radius 2 is 1.69 bits per heavy atom. The SMILES string of the molecule is Cc1ccc(OCCC(=O)OCC(=O)N(C)Cc2ccc(F)cc2)cc1. The number of ether oxygens (including phenoxy) is 2. The summed E-state index contributed by atoms with van der Waals surface area (Å²) in [7, 11) is 1.60. The average molecular weight is 359 g/mol. The second-order valence-corrected chi connectivity index (χ2v) is 5.95. The van der Waals surface area contributed by atoms with Crippen LogP contribution in [0.15, 0.2) is 48.5 Å². The van der Waals surface area contributed by atoms with E-state index in [1.165, 1.54) is 17.0 Å². The van der Waals surface area contributed by atoms with E-state index in [0.717, 1.165) is 11.1 Å². The molecule has 0 radical (unpaired) electrons. The van der Waals surface area contributed by atoms with Crippen LogP contribution in [0.4, 0.5) is 4.39 Å². The number of aryl methyl sites for hydroxylation is 1. The number of likely N-dealkylation sites (N-methyl/N-ethyl adjacent to an activating group) is 1. The molecule has 0 saturated heterocycles. The standard InChI is InChI=1S/C20H22FNO4/c1-15-3-9-18(10-4-15)25-12-11-20(24)26-14-19(23)22(2)13-16-5-7-17(21)8-6-16/h3-10H,11-14H2,1-2H3. The van der Waals surface area contributed by atoms with Crippen molar-refractivity contribution in [1.82, 2.24) is 4.90 Å². The minimum absolute atomic E-state index is 0.0584. The summed E-state index contributed by atoms with van der Waals surface area (Å²) in [5.41, 5.74) is 1.92. The normalized spacial score (nSPS) is 10.3. The Bertz CT molecular complexity index is 728. The van der Waals surface area contributed by atoms with Crippen molar-refractivity contribution in [2.24, 2.45) is 0 Å². The first kappa shape index (κ1) is 19.4. The molecule has 0 bridgehead atoms. The fourth-order valence-corrected chi connectivity index (χ4v) is 2.16. The van der Waals surface area contributed by atoms with E-state index in [4.69, 9.17) is 9.47 Å². The quantitative estimate of drug-likeness (QED) is 0.680. The highest BCUT2D eigenvalue weighted by atomic mass is 19.1. The van der Waals surface area contributed by atoms with Crippen molar-refractivity contribution >= 4 is 11.9 Å². The Balaban J connectivity index is 1.66. The third-order valence-electron chi connectivity index (χ3n) is 3.71. The van der Waals surface area contributed by atoms with Gasteiger partial charge in [-0.15, -0.1) is 0 Å². The third-order valence-corrected chi connectivity index (χ3v) is 3.71. The van der Waals surface area contributed by atoms with Crippen LogP contribution in [0, 0.1) is 12.7 Å². The highest BCUT2D eigenvalue weighted by Gasteiger charge is 2.12. The maximum absolute atomic E-state index is 12.9. The highest BCUT2D eigenvalue weighted by molar-refractivity contribution is 5.80. The summed E-state index contributed by atoms with van der Waals surface area (Å²) in [6.07, 6.45) is 0.0584. The van der Waals surface area contributed by atoms with Crippen molar-refractivity contribution in [2.75, 3.05) is 20.3 Å². The van der Waals surface area contributed by atoms with Gasteiger partial charge in [-0.2, -0.15) is 0 Å². The molecule has 0 atom stereocenters. The van der Waals surface area contributed by atoms with Gasteiger partial charge in [-0.25, -0.2) is 4.39 Å². The van der Waals surface area contributed by atoms with Gasteiger partial charge in [-0.3, -0.25) is 9.59 Å². The van der Waals surface area contributed by atoms with E-state index >= 15 is 0 Å². The minimum Gasteiger partial charge on any atom is -0.493 e. The van der Waals surface area contributed by atoms with Gasteiger partial charge in [0, 0.05) is 13.6 Å². The van der Waals surface area contributed by atoms with Gasteiger partial charge in [-0.05, 0) is 36.8 Å². The van der Waals surface area contributed by atoms with Gasteiger partial charge in [0.25, 0.3) is 5.91 Å². The molecule has 2 aromatic carbocycles. The first-order valence-corrected chi connectivity index (χ1v) is 8.27. The molecule has 0 aromatic heterocycles. The lowest BCUT2D eigenvalue weighted by atomic mass is 10.2. The fraction of sp³-hybridized carbons (Fsp3) is 0.300. The molecule has 0 aliphatic heterocycles. The molecule has 0 spiro atoms. The molecule has 0 unspecified atom stereocenters. The Morgan fingerprint density at radius 3 is 2.35 bits per heavy atom. The topological polar surface area (TPSA) is 55.8 Å². The molecule has 2 rings (SSSR count). The predicted octanol–water partition coefficient (Wildman–Crippen LogP) is 3.10. The summed E-state index contributed by atoms with van der Waals surface area (Å²) in [4.78, 5) is 25.1. The van der Waals surface area contributed by atoms with Crippen molar-refractivity contribution in [3.63, 3.8) is 0 Å². The first-order valence-electron chi connectivity index (χ1n) is 8.27. The third kappa shape index (κ3) is 6.55. The van der Waals surface area contributed by atoms with Crippen molar-refractivity contribution in [1.29, 1.82) is 0 Å². The Kier molecular flexibility index (Phi) is 7.14. The highest BCUT2D eigenvalue weighted by Crippen LogP contribution is 2.11. The number of hydrogen-bond donors (Lipinski definition) is 0. The second kappa shape index (κ2) is 9.56. The number of carbonyl (C=O) groups is 2. The van der Waals surface area contributed by atoms with Crippen LogP contribution in [0.3, 0.4) is 0 Å². The Labute approximate surface area is 152 Å². The van der Waals surface area contributed by atoms with Crippen molar-refractivity contribution in [3.05, 3.63) is 65.5 Å². The molecule has 1 amide bonds. The number of halogens is 1. The van der Waals surface area contributed by atoms with Gasteiger partial charge in [-0.1, -0.05) is 29.8 Å². The Hall–Kier alpha value is -2.89. The number of benzene rings is 2. The summed E-state index contributed by atoms with van der Waals surface area (Å²) < 4.78 is 23.3. The van der Waals surface area contributed by atoms with Gasteiger partial charge in [0.1, 0.15) is 11.6 Å². The first-order chi connectivity index (χ1) is 12.4. The van der Waals surface area contributed by atoms with Crippen LogP contribution in [0.5, 0.6) is 5.75 Å². The monoisotopic (exact) mass is 359 g/mol. The molecule has 138 valence electrons. The van der Waals surface area contributed by atoms with Crippen LogP contribution in [0.1, 0.15) is 17.5 Å². The fourth-order valence-electron chi connectivity index (χ4n) is 2.16. The summed E-state index contributed by atoms with van der Waals surface area (Å²) >= 11 is 0. The van der Waals surface area contributed by atoms with E-state index < -0.39 is 5.97 Å². The van der Waals surface area contributed by atoms with E-state index in [1.54, 1.807) is 19.2 Å². The molecule has 0 aliphatic carbocycles. The van der Waals surface area contributed by atoms with Gasteiger partial charge >= 0.3 is 5.97 Å². The number of hydrogen-bond acceptors (Lipinski definition) is 4. The number of carbonyl (C=O) groups excluding carboxylic acids is 2. The number of nitrogens with zero attached hydrogens (tertiary/aromatic N) is 1. The molecule has 6 heteroatoms. The predicted molar refractivity (Wildman–Crippen MR) is 95.1 cm³/mol. The van der Waals surface area contributed by atoms with Crippen LogP contribution >= 0.6 is 0 Å². The van der Waals surface area contributed by atoms with E-state index in [1.807, 2.05) is 31.2 Å². The van der Waals surface area contributed by atoms with Gasteiger partial charge < -0.3 is 14.4 Å². The molecule has 0 N–H and O–H groups in total. The van der Waals surface area contributed by atoms with E-state index in [9.17, 15) is 14.0 Å². The number of amides is 1. The lowest BCUT2D eigenvalue weighted by Gasteiger charge is -2.17. The van der Waals surface area contributed by atoms with Crippen LogP contribution in [0.25, 0.3) is 0 Å². The summed E-state index contributed by atoms with van der Waals surface area (Å²) in [6, 6.07) is 13.4. The summed E-state index contributed by atoms with van der Waals surface area (Å²) in [6.45, 7) is 2.14. The molecule has 0 saturated carbocycles. The van der Waals surface area contributed by atoms with Crippen LogP contribution in [-0.2, 0) is 20.9 Å². The zero-order valence-corrected chi connectivity index (χ0v) is 14.9. The maximum Gasteiger partial charge on any atom is 0.309 e. The van der Waals surface area contributed by atoms with Gasteiger partial charge in [0.05, 0.1) is 13.0 Å². The molecule has 0 fully saturated rings. The molecule has 26 heavy (non-hydrogen) atoms. The van der Waals surface area contributed by atoms with Crippen molar-refractivity contribution in [2.45, 2.75) is 19.9 Å². The number of rotatable bonds is 8. The van der Waals surface area contributed by atoms with Crippen LogP contribution < -0.4 is 4.74 Å². The molecule has 0 aliphatic rings. The summed E-state index contributed by atoms with van der Waals surface area (Å²) in [5, 5.41) is 0. The summed E-state index contributed by atoms with van der Waals surface area (Å²) in [5.74, 6) is -0.481. The smallest absolute Gasteiger partial charge is 0.309 e. The maximum atomic E-state index is 12.9. The van der Waals surface area contributed by atoms with Crippen LogP contribution in [-0.4, -0.2) is 37.0 Å². The van der Waals surface area contributed by atoms with Gasteiger partial charge in [0.15, 0.2) is 6.61 Å². The molecule has 2 aromatic rings. The molecular weight excluding hydrogens is 337 g/mol. The van der Waals surface area contributed by atoms with E-state index in [0.29, 0.717) is 12.3 Å². The Morgan fingerprint density at radius 1 is 1.04 bits per heavy atom. The van der Waals surface area contributed by atoms with E-state index in [-0.39, 0.29) is 31.4 Å². The largest absolute Gasteiger partial charge is 0.493 e. The average Bonchev–Trinajstić information content (AvgIpc) is 2.63. The van der Waals surface area contributed by atoms with Crippen molar-refractivity contribution < 1.29 is 23.5 Å². The number of esters is 1. The van der Waals surface area contributed by atoms with Crippen LogP contribution in [0.2, 0.25) is 0 Å². The van der Waals surface area contributed by atoms with E-state index in [2.05, 4.69) is 0 Å². The van der Waals surface area contributed by atoms with Crippen molar-refractivity contribution in [3.8, 4) is 5.75 Å². The second-order valence-electron chi connectivity index (χ2n) is 5.95. The zero-order valence-electron chi connectivity index (χ0n) is 14.9. The van der Waals surface area contributed by atoms with Gasteiger partial charge in [0.2, 0.25) is 0 Å². The lowest BCUT2D eigenvalue weighted by molar-refractivity contribution is -0.152. The minimum atomic E-state index is -0.499. The molecule has 0 heterocycles. The lowest BCUT2D eigenvalue weighted by Crippen LogP contribution is -2.31. The molecular formula is C20H22FNO4.